The molecule has 0 aromatic heterocycles. The van der Waals surface area contributed by atoms with Gasteiger partial charge in [0, 0.05) is 24.8 Å². The Morgan fingerprint density at radius 2 is 1.90 bits per heavy atom. The molecule has 0 spiro atoms. The number of benzene rings is 1. The van der Waals surface area contributed by atoms with Gasteiger partial charge in [0.2, 0.25) is 0 Å². The van der Waals surface area contributed by atoms with Crippen LogP contribution in [-0.4, -0.2) is 25.9 Å². The van der Waals surface area contributed by atoms with Gasteiger partial charge in [-0.2, -0.15) is 0 Å². The molecule has 0 aliphatic carbocycles. The number of hydrogen-bond acceptors (Lipinski definition) is 3. The average Bonchev–Trinajstić information content (AvgIpc) is 2.37. The van der Waals surface area contributed by atoms with Crippen LogP contribution in [0.4, 0.5) is 0 Å². The summed E-state index contributed by atoms with van der Waals surface area (Å²) in [5, 5.41) is 3.41. The van der Waals surface area contributed by atoms with E-state index in [0.29, 0.717) is 25.2 Å². The smallest absolute Gasteiger partial charge is 0.138 e. The molecule has 114 valence electrons. The van der Waals surface area contributed by atoms with Gasteiger partial charge in [-0.05, 0) is 27.9 Å². The highest BCUT2D eigenvalue weighted by atomic mass is 79.9. The van der Waals surface area contributed by atoms with Crippen molar-refractivity contribution in [2.45, 2.75) is 40.3 Å². The van der Waals surface area contributed by atoms with Gasteiger partial charge in [-0.15, -0.1) is 0 Å². The Morgan fingerprint density at radius 1 is 1.15 bits per heavy atom. The molecule has 0 saturated heterocycles. The molecule has 3 nitrogen and oxygen atoms in total. The topological polar surface area (TPSA) is 30.5 Å². The number of rotatable bonds is 9. The van der Waals surface area contributed by atoms with Crippen molar-refractivity contribution in [1.82, 2.24) is 5.32 Å². The first-order valence-electron chi connectivity index (χ1n) is 7.22. The Morgan fingerprint density at radius 3 is 2.55 bits per heavy atom. The van der Waals surface area contributed by atoms with Crippen LogP contribution >= 0.6 is 15.9 Å². The van der Waals surface area contributed by atoms with Crippen molar-refractivity contribution in [3.63, 3.8) is 0 Å². The lowest BCUT2D eigenvalue weighted by atomic mass is 10.2. The molecule has 0 fully saturated rings. The fourth-order valence-electron chi connectivity index (χ4n) is 1.69. The first kappa shape index (κ1) is 17.5. The molecule has 0 saturated carbocycles. The third-order valence-electron chi connectivity index (χ3n) is 2.67. The number of ether oxygens (including phenoxy) is 2. The molecule has 1 N–H and O–H groups in total. The molecule has 1 aromatic rings. The Labute approximate surface area is 131 Å². The van der Waals surface area contributed by atoms with Gasteiger partial charge in [0.15, 0.2) is 0 Å². The highest BCUT2D eigenvalue weighted by Gasteiger charge is 2.08. The van der Waals surface area contributed by atoms with Gasteiger partial charge in [-0.3, -0.25) is 0 Å². The molecule has 4 heteroatoms. The number of hydrogen-bond donors (Lipinski definition) is 1. The lowest BCUT2D eigenvalue weighted by Gasteiger charge is -2.15. The van der Waals surface area contributed by atoms with Crippen molar-refractivity contribution < 1.29 is 9.47 Å². The van der Waals surface area contributed by atoms with Crippen molar-refractivity contribution in [3.8, 4) is 5.75 Å². The minimum absolute atomic E-state index is 0.455. The van der Waals surface area contributed by atoms with E-state index in [0.717, 1.165) is 28.9 Å². The fourth-order valence-corrected chi connectivity index (χ4v) is 2.21. The van der Waals surface area contributed by atoms with Crippen molar-refractivity contribution in [2.75, 3.05) is 19.8 Å². The molecule has 0 unspecified atom stereocenters. The normalized spacial score (nSPS) is 11.3. The summed E-state index contributed by atoms with van der Waals surface area (Å²) in [5.41, 5.74) is 1.16. The van der Waals surface area contributed by atoms with E-state index in [1.165, 1.54) is 0 Å². The molecule has 0 radical (unpaired) electrons. The van der Waals surface area contributed by atoms with E-state index in [2.05, 4.69) is 55.0 Å². The highest BCUT2D eigenvalue weighted by molar-refractivity contribution is 9.10. The van der Waals surface area contributed by atoms with Gasteiger partial charge in [0.25, 0.3) is 0 Å². The summed E-state index contributed by atoms with van der Waals surface area (Å²) in [7, 11) is 0. The average molecular weight is 344 g/mol. The second-order valence-corrected chi connectivity index (χ2v) is 6.44. The molecule has 0 aliphatic rings. The third-order valence-corrected chi connectivity index (χ3v) is 3.30. The number of halogens is 1. The predicted octanol–water partition coefficient (Wildman–Crippen LogP) is 4.00. The third kappa shape index (κ3) is 6.73. The van der Waals surface area contributed by atoms with Crippen LogP contribution in [0.25, 0.3) is 0 Å². The molecule has 20 heavy (non-hydrogen) atoms. The van der Waals surface area contributed by atoms with Crippen LogP contribution in [0, 0.1) is 5.92 Å². The SMILES string of the molecule is CC(C)COCCOc1c(Br)cccc1CNC(C)C. The zero-order valence-electron chi connectivity index (χ0n) is 12.9. The molecular formula is C16H26BrNO2. The zero-order valence-corrected chi connectivity index (χ0v) is 14.5. The van der Waals surface area contributed by atoms with Gasteiger partial charge in [0.1, 0.15) is 12.4 Å². The van der Waals surface area contributed by atoms with Crippen LogP contribution in [-0.2, 0) is 11.3 Å². The van der Waals surface area contributed by atoms with Crippen LogP contribution in [0.15, 0.2) is 22.7 Å². The molecule has 0 bridgehead atoms. The maximum Gasteiger partial charge on any atom is 0.138 e. The molecule has 1 aromatic carbocycles. The van der Waals surface area contributed by atoms with Crippen LogP contribution in [0.3, 0.4) is 0 Å². The summed E-state index contributed by atoms with van der Waals surface area (Å²) in [5.74, 6) is 1.47. The van der Waals surface area contributed by atoms with E-state index in [9.17, 15) is 0 Å². The molecule has 0 atom stereocenters. The van der Waals surface area contributed by atoms with E-state index in [4.69, 9.17) is 9.47 Å². The monoisotopic (exact) mass is 343 g/mol. The van der Waals surface area contributed by atoms with E-state index < -0.39 is 0 Å². The summed E-state index contributed by atoms with van der Waals surface area (Å²) >= 11 is 3.55. The summed E-state index contributed by atoms with van der Waals surface area (Å²) in [6.07, 6.45) is 0. The lowest BCUT2D eigenvalue weighted by Crippen LogP contribution is -2.22. The quantitative estimate of drug-likeness (QED) is 0.687. The van der Waals surface area contributed by atoms with Crippen molar-refractivity contribution in [3.05, 3.63) is 28.2 Å². The van der Waals surface area contributed by atoms with Crippen LogP contribution in [0.2, 0.25) is 0 Å². The van der Waals surface area contributed by atoms with Crippen molar-refractivity contribution in [2.24, 2.45) is 5.92 Å². The Kier molecular flexibility index (Phi) is 8.19. The second-order valence-electron chi connectivity index (χ2n) is 5.58. The van der Waals surface area contributed by atoms with E-state index in [1.807, 2.05) is 12.1 Å². The number of para-hydroxylation sites is 1. The van der Waals surface area contributed by atoms with Crippen molar-refractivity contribution >= 4 is 15.9 Å². The summed E-state index contributed by atoms with van der Waals surface area (Å²) < 4.78 is 12.4. The Bertz CT molecular complexity index is 394. The highest BCUT2D eigenvalue weighted by Crippen LogP contribution is 2.29. The standard InChI is InChI=1S/C16H26BrNO2/c1-12(2)11-19-8-9-20-16-14(10-18-13(3)4)6-5-7-15(16)17/h5-7,12-13,18H,8-11H2,1-4H3. The predicted molar refractivity (Wildman–Crippen MR) is 87.3 cm³/mol. The van der Waals surface area contributed by atoms with Crippen LogP contribution in [0.5, 0.6) is 5.75 Å². The summed E-state index contributed by atoms with van der Waals surface area (Å²) in [6, 6.07) is 6.58. The summed E-state index contributed by atoms with van der Waals surface area (Å²) in [4.78, 5) is 0. The molecular weight excluding hydrogens is 318 g/mol. The van der Waals surface area contributed by atoms with E-state index >= 15 is 0 Å². The Balaban J connectivity index is 2.50. The maximum atomic E-state index is 5.87. The molecule has 0 heterocycles. The minimum Gasteiger partial charge on any atom is -0.490 e. The fraction of sp³-hybridized carbons (Fsp3) is 0.625. The summed E-state index contributed by atoms with van der Waals surface area (Å²) in [6.45, 7) is 11.3. The molecule has 0 aliphatic heterocycles. The van der Waals surface area contributed by atoms with Crippen molar-refractivity contribution in [1.29, 1.82) is 0 Å². The lowest BCUT2D eigenvalue weighted by molar-refractivity contribution is 0.0814. The van der Waals surface area contributed by atoms with Crippen LogP contribution < -0.4 is 10.1 Å². The minimum atomic E-state index is 0.455. The second kappa shape index (κ2) is 9.37. The number of nitrogens with one attached hydrogen (secondary N) is 1. The van der Waals surface area contributed by atoms with E-state index in [1.54, 1.807) is 0 Å². The van der Waals surface area contributed by atoms with Gasteiger partial charge in [-0.25, -0.2) is 0 Å². The van der Waals surface area contributed by atoms with Gasteiger partial charge in [-0.1, -0.05) is 39.8 Å². The first-order chi connectivity index (χ1) is 9.50. The Hall–Kier alpha value is -0.580. The van der Waals surface area contributed by atoms with Gasteiger partial charge < -0.3 is 14.8 Å². The molecule has 1 rings (SSSR count). The zero-order chi connectivity index (χ0) is 15.0. The van der Waals surface area contributed by atoms with E-state index in [-0.39, 0.29) is 0 Å². The van der Waals surface area contributed by atoms with Gasteiger partial charge >= 0.3 is 0 Å². The van der Waals surface area contributed by atoms with Crippen LogP contribution in [0.1, 0.15) is 33.3 Å². The molecule has 0 amide bonds. The maximum absolute atomic E-state index is 5.87. The van der Waals surface area contributed by atoms with Gasteiger partial charge in [0.05, 0.1) is 11.1 Å². The first-order valence-corrected chi connectivity index (χ1v) is 8.01. The largest absolute Gasteiger partial charge is 0.490 e.